The molecule has 0 radical (unpaired) electrons. The number of aliphatic hydroxyl groups excluding tert-OH is 2. The Labute approximate surface area is 237 Å². The number of alkyl carbamates (subject to hydrolysis) is 1. The molecule has 39 heavy (non-hydrogen) atoms. The van der Waals surface area contributed by atoms with Crippen LogP contribution in [0.1, 0.15) is 57.1 Å². The van der Waals surface area contributed by atoms with Gasteiger partial charge in [-0.05, 0) is 42.0 Å². The molecule has 2 aromatic rings. The number of halogens is 4. The van der Waals surface area contributed by atoms with Crippen LogP contribution in [0.4, 0.5) is 13.6 Å². The van der Waals surface area contributed by atoms with E-state index in [9.17, 15) is 15.2 Å². The van der Waals surface area contributed by atoms with E-state index in [2.05, 4.69) is 16.7 Å². The van der Waals surface area contributed by atoms with Crippen LogP contribution in [0.15, 0.2) is 36.4 Å². The van der Waals surface area contributed by atoms with Gasteiger partial charge < -0.3 is 20.3 Å². The Kier molecular flexibility index (Phi) is 10.2. The second-order valence-corrected chi connectivity index (χ2v) is 11.4. The van der Waals surface area contributed by atoms with Gasteiger partial charge in [0.2, 0.25) is 0 Å². The van der Waals surface area contributed by atoms with Gasteiger partial charge in [0.05, 0.1) is 29.7 Å². The second-order valence-electron chi connectivity index (χ2n) is 10.5. The number of carbonyl (C=O) groups is 1. The van der Waals surface area contributed by atoms with Gasteiger partial charge in [-0.25, -0.2) is 13.6 Å². The summed E-state index contributed by atoms with van der Waals surface area (Å²) < 4.78 is 36.9. The molecule has 1 fully saturated rings. The highest BCUT2D eigenvalue weighted by Gasteiger charge is 2.61. The highest BCUT2D eigenvalue weighted by Crippen LogP contribution is 2.53. The maximum Gasteiger partial charge on any atom is 0.408 e. The van der Waals surface area contributed by atoms with Crippen LogP contribution in [-0.4, -0.2) is 47.8 Å². The summed E-state index contributed by atoms with van der Waals surface area (Å²) in [7, 11) is 0. The van der Waals surface area contributed by atoms with Crippen molar-refractivity contribution in [3.05, 3.63) is 69.2 Å². The van der Waals surface area contributed by atoms with Gasteiger partial charge >= 0.3 is 6.09 Å². The summed E-state index contributed by atoms with van der Waals surface area (Å²) in [4.78, 5) is 12.8. The molecule has 0 aromatic heterocycles. The highest BCUT2D eigenvalue weighted by atomic mass is 35.5. The third kappa shape index (κ3) is 6.64. The first-order valence-corrected chi connectivity index (χ1v) is 13.5. The number of nitrogens with one attached hydrogen (secondary N) is 2. The van der Waals surface area contributed by atoms with Gasteiger partial charge in [0.1, 0.15) is 17.0 Å². The van der Waals surface area contributed by atoms with Crippen molar-refractivity contribution in [2.45, 2.75) is 69.7 Å². The van der Waals surface area contributed by atoms with E-state index in [1.54, 1.807) is 0 Å². The molecule has 4 N–H and O–H groups in total. The summed E-state index contributed by atoms with van der Waals surface area (Å²) in [5, 5.41) is 35.0. The van der Waals surface area contributed by atoms with Crippen molar-refractivity contribution in [3.8, 4) is 6.07 Å². The van der Waals surface area contributed by atoms with Crippen LogP contribution >= 0.6 is 23.2 Å². The van der Waals surface area contributed by atoms with Gasteiger partial charge in [0, 0.05) is 23.2 Å². The molecule has 3 rings (SSSR count). The van der Waals surface area contributed by atoms with E-state index in [1.807, 2.05) is 20.8 Å². The van der Waals surface area contributed by atoms with Crippen molar-refractivity contribution in [1.29, 1.82) is 5.26 Å². The molecule has 0 spiro atoms. The molecule has 1 saturated heterocycles. The lowest BCUT2D eigenvalue weighted by Crippen LogP contribution is -2.45. The first-order chi connectivity index (χ1) is 18.4. The predicted molar refractivity (Wildman–Crippen MR) is 144 cm³/mol. The monoisotopic (exact) mass is 583 g/mol. The first kappa shape index (κ1) is 31.1. The molecule has 7 nitrogen and oxygen atoms in total. The molecular formula is C28H33Cl2F2N3O4. The minimum atomic E-state index is -1.73. The van der Waals surface area contributed by atoms with Crippen LogP contribution in [-0.2, 0) is 10.2 Å². The minimum absolute atomic E-state index is 0.00896. The zero-order valence-electron chi connectivity index (χ0n) is 22.0. The van der Waals surface area contributed by atoms with E-state index >= 15 is 8.78 Å². The lowest BCUT2D eigenvalue weighted by atomic mass is 9.63. The minimum Gasteiger partial charge on any atom is -0.430 e. The van der Waals surface area contributed by atoms with Gasteiger partial charge in [-0.1, -0.05) is 68.6 Å². The number of hydrogen-bond acceptors (Lipinski definition) is 6. The maximum absolute atomic E-state index is 15.6. The number of nitriles is 1. The molecule has 0 bridgehead atoms. The van der Waals surface area contributed by atoms with Crippen LogP contribution in [0, 0.1) is 28.4 Å². The van der Waals surface area contributed by atoms with Crippen molar-refractivity contribution in [2.75, 3.05) is 13.2 Å². The number of amides is 1. The van der Waals surface area contributed by atoms with E-state index in [0.717, 1.165) is 12.5 Å². The number of aliphatic hydroxyl groups is 2. The molecule has 0 aliphatic carbocycles. The van der Waals surface area contributed by atoms with Crippen LogP contribution in [0.5, 0.6) is 0 Å². The number of ether oxygens (including phenoxy) is 1. The number of carbonyl (C=O) groups excluding carboxylic acids is 1. The van der Waals surface area contributed by atoms with E-state index in [4.69, 9.17) is 33.0 Å². The number of nitrogens with zero attached hydrogens (tertiary/aromatic N) is 1. The van der Waals surface area contributed by atoms with Crippen molar-refractivity contribution in [3.63, 3.8) is 0 Å². The standard InChI is InChI=1S/C28H33Cl2F2N3O4/c1-4-27(2,3)13-22-28(15-33,19-9-8-16(29)12-21(19)31)23(18-6-5-7-20(30)24(18)32)25(35-22)39-26(38)34-11-10-17(37)14-36/h5-9,12,17,22-23,25,35-37H,4,10-11,13-14H2,1-3H3,(H,34,38)/t17-,22-,23-,25+,28-/m0/s1. The van der Waals surface area contributed by atoms with Crippen LogP contribution in [0.3, 0.4) is 0 Å². The maximum atomic E-state index is 15.6. The normalized spacial score (nSPS) is 23.7. The molecule has 1 amide bonds. The van der Waals surface area contributed by atoms with Crippen LogP contribution < -0.4 is 10.6 Å². The molecular weight excluding hydrogens is 551 g/mol. The molecule has 5 atom stereocenters. The largest absolute Gasteiger partial charge is 0.430 e. The van der Waals surface area contributed by atoms with Gasteiger partial charge in [-0.15, -0.1) is 0 Å². The summed E-state index contributed by atoms with van der Waals surface area (Å²) in [5.41, 5.74) is -2.08. The Morgan fingerprint density at radius 1 is 1.31 bits per heavy atom. The predicted octanol–water partition coefficient (Wildman–Crippen LogP) is 5.41. The quantitative estimate of drug-likeness (QED) is 0.297. The zero-order chi connectivity index (χ0) is 29.0. The molecule has 1 aliphatic heterocycles. The Balaban J connectivity index is 2.18. The molecule has 11 heteroatoms. The van der Waals surface area contributed by atoms with Gasteiger partial charge in [0.15, 0.2) is 6.23 Å². The fraction of sp³-hybridized carbons (Fsp3) is 0.500. The van der Waals surface area contributed by atoms with Crippen molar-refractivity contribution < 1.29 is 28.5 Å². The fourth-order valence-corrected chi connectivity index (χ4v) is 5.39. The average Bonchev–Trinajstić information content (AvgIpc) is 3.17. The molecule has 1 heterocycles. The molecule has 0 unspecified atom stereocenters. The van der Waals surface area contributed by atoms with Crippen LogP contribution in [0.25, 0.3) is 0 Å². The van der Waals surface area contributed by atoms with Crippen LogP contribution in [0.2, 0.25) is 10.0 Å². The zero-order valence-corrected chi connectivity index (χ0v) is 23.5. The number of benzene rings is 2. The summed E-state index contributed by atoms with van der Waals surface area (Å²) in [6.07, 6.45) is -2.02. The average molecular weight is 584 g/mol. The van der Waals surface area contributed by atoms with E-state index < -0.39 is 54.0 Å². The van der Waals surface area contributed by atoms with Gasteiger partial charge in [0.25, 0.3) is 0 Å². The lowest BCUT2D eigenvalue weighted by molar-refractivity contribution is 0.0683. The Morgan fingerprint density at radius 2 is 2.03 bits per heavy atom. The van der Waals surface area contributed by atoms with E-state index in [-0.39, 0.29) is 39.6 Å². The topological polar surface area (TPSA) is 115 Å². The Hall–Kier alpha value is -2.48. The summed E-state index contributed by atoms with van der Waals surface area (Å²) >= 11 is 12.2. The summed E-state index contributed by atoms with van der Waals surface area (Å²) in [6, 6.07) is 9.77. The lowest BCUT2D eigenvalue weighted by Gasteiger charge is -2.37. The highest BCUT2D eigenvalue weighted by molar-refractivity contribution is 6.31. The molecule has 212 valence electrons. The van der Waals surface area contributed by atoms with E-state index in [1.165, 1.54) is 30.3 Å². The number of rotatable bonds is 10. The summed E-state index contributed by atoms with van der Waals surface area (Å²) in [6.45, 7) is 5.51. The third-order valence-electron chi connectivity index (χ3n) is 7.49. The molecule has 2 aromatic carbocycles. The Morgan fingerprint density at radius 3 is 2.64 bits per heavy atom. The van der Waals surface area contributed by atoms with Gasteiger partial charge in [-0.2, -0.15) is 5.26 Å². The fourth-order valence-electron chi connectivity index (χ4n) is 5.05. The number of hydrogen-bond donors (Lipinski definition) is 4. The second kappa shape index (κ2) is 12.8. The molecule has 1 aliphatic rings. The first-order valence-electron chi connectivity index (χ1n) is 12.7. The Bertz CT molecular complexity index is 1230. The molecule has 0 saturated carbocycles. The van der Waals surface area contributed by atoms with Gasteiger partial charge in [-0.3, -0.25) is 5.32 Å². The smallest absolute Gasteiger partial charge is 0.408 e. The van der Waals surface area contributed by atoms with E-state index in [0.29, 0.717) is 6.42 Å². The third-order valence-corrected chi connectivity index (χ3v) is 8.02. The SMILES string of the molecule is CCC(C)(C)C[C@@H]1N[C@H](OC(=O)NCC[C@H](O)CO)[C@H](c2cccc(Cl)c2F)[C@@]1(C#N)c1ccc(Cl)cc1F. The van der Waals surface area contributed by atoms with Crippen molar-refractivity contribution in [1.82, 2.24) is 10.6 Å². The van der Waals surface area contributed by atoms with Crippen molar-refractivity contribution in [2.24, 2.45) is 5.41 Å². The summed E-state index contributed by atoms with van der Waals surface area (Å²) in [5.74, 6) is -2.76. The van der Waals surface area contributed by atoms with Crippen molar-refractivity contribution >= 4 is 29.3 Å².